The Morgan fingerprint density at radius 2 is 2.24 bits per heavy atom. The summed E-state index contributed by atoms with van der Waals surface area (Å²) in [5.41, 5.74) is 0.402. The van der Waals surface area contributed by atoms with Crippen molar-refractivity contribution in [3.05, 3.63) is 42.6 Å². The van der Waals surface area contributed by atoms with Gasteiger partial charge < -0.3 is 9.73 Å². The second-order valence-electron chi connectivity index (χ2n) is 3.35. The monoisotopic (exact) mass is 253 g/mol. The molecule has 0 aliphatic heterocycles. The van der Waals surface area contributed by atoms with Crippen LogP contribution in [-0.4, -0.2) is 13.4 Å². The average molecular weight is 253 g/mol. The van der Waals surface area contributed by atoms with E-state index in [4.69, 9.17) is 9.56 Å². The number of sulfonamides is 1. The summed E-state index contributed by atoms with van der Waals surface area (Å²) in [6.07, 6.45) is 4.24. The molecule has 2 heterocycles. The van der Waals surface area contributed by atoms with E-state index in [-0.39, 0.29) is 4.90 Å². The second-order valence-corrected chi connectivity index (χ2v) is 4.88. The van der Waals surface area contributed by atoms with E-state index in [1.807, 2.05) is 0 Å². The summed E-state index contributed by atoms with van der Waals surface area (Å²) in [5.74, 6) is 0.696. The lowest BCUT2D eigenvalue weighted by atomic mass is 10.4. The highest BCUT2D eigenvalue weighted by molar-refractivity contribution is 7.89. The van der Waals surface area contributed by atoms with Gasteiger partial charge in [0.15, 0.2) is 0 Å². The molecule has 2 aromatic heterocycles. The van der Waals surface area contributed by atoms with Crippen LogP contribution < -0.4 is 10.5 Å². The summed E-state index contributed by atoms with van der Waals surface area (Å²) < 4.78 is 27.7. The van der Waals surface area contributed by atoms with Crippen LogP contribution in [-0.2, 0) is 16.6 Å². The number of primary sulfonamides is 1. The third-order valence-corrected chi connectivity index (χ3v) is 3.06. The van der Waals surface area contributed by atoms with Gasteiger partial charge in [0.2, 0.25) is 10.0 Å². The Morgan fingerprint density at radius 3 is 2.88 bits per heavy atom. The van der Waals surface area contributed by atoms with E-state index in [1.165, 1.54) is 12.4 Å². The quantitative estimate of drug-likeness (QED) is 0.844. The lowest BCUT2D eigenvalue weighted by Gasteiger charge is -2.08. The minimum absolute atomic E-state index is 0.0356. The molecule has 90 valence electrons. The number of aromatic nitrogens is 1. The predicted molar refractivity (Wildman–Crippen MR) is 61.6 cm³/mol. The van der Waals surface area contributed by atoms with Crippen LogP contribution in [0.5, 0.6) is 0 Å². The maximum atomic E-state index is 11.3. The summed E-state index contributed by atoms with van der Waals surface area (Å²) in [5, 5.41) is 8.00. The molecule has 0 atom stereocenters. The lowest BCUT2D eigenvalue weighted by Crippen LogP contribution is -2.15. The highest BCUT2D eigenvalue weighted by Gasteiger charge is 2.13. The van der Waals surface area contributed by atoms with Crippen LogP contribution in [0.25, 0.3) is 0 Å². The molecule has 0 unspecified atom stereocenters. The fourth-order valence-electron chi connectivity index (χ4n) is 1.35. The van der Waals surface area contributed by atoms with Gasteiger partial charge in [-0.1, -0.05) is 0 Å². The molecule has 0 saturated heterocycles. The summed E-state index contributed by atoms with van der Waals surface area (Å²) >= 11 is 0. The second kappa shape index (κ2) is 4.56. The molecule has 6 nitrogen and oxygen atoms in total. The van der Waals surface area contributed by atoms with E-state index in [0.717, 1.165) is 0 Å². The molecule has 0 fully saturated rings. The number of pyridine rings is 1. The number of furan rings is 1. The van der Waals surface area contributed by atoms with E-state index in [2.05, 4.69) is 10.3 Å². The summed E-state index contributed by atoms with van der Waals surface area (Å²) in [6, 6.07) is 5.08. The van der Waals surface area contributed by atoms with Crippen LogP contribution in [0.2, 0.25) is 0 Å². The van der Waals surface area contributed by atoms with Crippen molar-refractivity contribution in [2.75, 3.05) is 5.32 Å². The highest BCUT2D eigenvalue weighted by Crippen LogP contribution is 2.18. The molecule has 0 aliphatic rings. The fourth-order valence-corrected chi connectivity index (χ4v) is 2.00. The SMILES string of the molecule is NS(=O)(=O)c1cnccc1NCc1ccco1. The first kappa shape index (κ1) is 11.6. The summed E-state index contributed by atoms with van der Waals surface area (Å²) in [7, 11) is -3.78. The fraction of sp³-hybridized carbons (Fsp3) is 0.100. The normalized spacial score (nSPS) is 11.4. The molecule has 0 spiro atoms. The van der Waals surface area contributed by atoms with Gasteiger partial charge in [-0.05, 0) is 18.2 Å². The third-order valence-electron chi connectivity index (χ3n) is 2.12. The van der Waals surface area contributed by atoms with Crippen LogP contribution in [0.4, 0.5) is 5.69 Å². The summed E-state index contributed by atoms with van der Waals surface area (Å²) in [6.45, 7) is 0.375. The minimum Gasteiger partial charge on any atom is -0.467 e. The van der Waals surface area contributed by atoms with Gasteiger partial charge in [-0.2, -0.15) is 0 Å². The molecule has 3 N–H and O–H groups in total. The van der Waals surface area contributed by atoms with E-state index in [0.29, 0.717) is 18.0 Å². The zero-order valence-corrected chi connectivity index (χ0v) is 9.65. The largest absolute Gasteiger partial charge is 0.467 e. The molecule has 0 radical (unpaired) electrons. The van der Waals surface area contributed by atoms with Crippen LogP contribution in [0.15, 0.2) is 46.2 Å². The van der Waals surface area contributed by atoms with Crippen LogP contribution >= 0.6 is 0 Å². The van der Waals surface area contributed by atoms with Crippen LogP contribution in [0, 0.1) is 0 Å². The molecule has 7 heteroatoms. The molecule has 0 saturated carbocycles. The molecule has 0 aliphatic carbocycles. The zero-order chi connectivity index (χ0) is 12.3. The number of nitrogens with zero attached hydrogens (tertiary/aromatic N) is 1. The van der Waals surface area contributed by atoms with E-state index >= 15 is 0 Å². The first-order chi connectivity index (χ1) is 8.07. The van der Waals surface area contributed by atoms with Gasteiger partial charge >= 0.3 is 0 Å². The number of nitrogens with one attached hydrogen (secondary N) is 1. The average Bonchev–Trinajstić information content (AvgIpc) is 2.78. The van der Waals surface area contributed by atoms with Gasteiger partial charge in [0.25, 0.3) is 0 Å². The number of anilines is 1. The van der Waals surface area contributed by atoms with Crippen molar-refractivity contribution < 1.29 is 12.8 Å². The predicted octanol–water partition coefficient (Wildman–Crippen LogP) is 0.934. The molecule has 2 rings (SSSR count). The van der Waals surface area contributed by atoms with Gasteiger partial charge in [0.05, 0.1) is 18.5 Å². The number of hydrogen-bond acceptors (Lipinski definition) is 5. The Kier molecular flexibility index (Phi) is 3.12. The molecule has 2 aromatic rings. The number of hydrogen-bond donors (Lipinski definition) is 2. The first-order valence-electron chi connectivity index (χ1n) is 4.80. The van der Waals surface area contributed by atoms with Gasteiger partial charge in [-0.15, -0.1) is 0 Å². The van der Waals surface area contributed by atoms with Crippen molar-refractivity contribution in [2.45, 2.75) is 11.4 Å². The molecule has 0 bridgehead atoms. The Hall–Kier alpha value is -1.86. The topological polar surface area (TPSA) is 98.2 Å². The van der Waals surface area contributed by atoms with Crippen molar-refractivity contribution in [2.24, 2.45) is 5.14 Å². The van der Waals surface area contributed by atoms with E-state index < -0.39 is 10.0 Å². The van der Waals surface area contributed by atoms with Gasteiger partial charge in [0, 0.05) is 12.4 Å². The third kappa shape index (κ3) is 2.83. The first-order valence-corrected chi connectivity index (χ1v) is 6.35. The van der Waals surface area contributed by atoms with Crippen LogP contribution in [0.1, 0.15) is 5.76 Å². The Balaban J connectivity index is 2.22. The Labute approximate surface area is 98.5 Å². The standard InChI is InChI=1S/C10H11N3O3S/c11-17(14,15)10-7-12-4-3-9(10)13-6-8-2-1-5-16-8/h1-5,7H,6H2,(H,12,13)(H2,11,14,15). The maximum absolute atomic E-state index is 11.3. The van der Waals surface area contributed by atoms with Crippen molar-refractivity contribution in [3.8, 4) is 0 Å². The van der Waals surface area contributed by atoms with Crippen molar-refractivity contribution >= 4 is 15.7 Å². The molecular formula is C10H11N3O3S. The number of rotatable bonds is 4. The molecule has 0 aromatic carbocycles. The zero-order valence-electron chi connectivity index (χ0n) is 8.83. The van der Waals surface area contributed by atoms with Crippen molar-refractivity contribution in [1.82, 2.24) is 4.98 Å². The summed E-state index contributed by atoms with van der Waals surface area (Å²) in [4.78, 5) is 3.70. The highest BCUT2D eigenvalue weighted by atomic mass is 32.2. The van der Waals surface area contributed by atoms with Gasteiger partial charge in [0.1, 0.15) is 10.7 Å². The Bertz CT molecular complexity index is 593. The van der Waals surface area contributed by atoms with Gasteiger partial charge in [-0.3, -0.25) is 4.98 Å². The minimum atomic E-state index is -3.78. The Morgan fingerprint density at radius 1 is 1.41 bits per heavy atom. The van der Waals surface area contributed by atoms with E-state index in [1.54, 1.807) is 24.5 Å². The maximum Gasteiger partial charge on any atom is 0.241 e. The molecule has 17 heavy (non-hydrogen) atoms. The van der Waals surface area contributed by atoms with Crippen molar-refractivity contribution in [3.63, 3.8) is 0 Å². The van der Waals surface area contributed by atoms with Gasteiger partial charge in [-0.25, -0.2) is 13.6 Å². The number of nitrogens with two attached hydrogens (primary N) is 1. The lowest BCUT2D eigenvalue weighted by molar-refractivity contribution is 0.518. The van der Waals surface area contributed by atoms with Crippen molar-refractivity contribution in [1.29, 1.82) is 0 Å². The van der Waals surface area contributed by atoms with Crippen LogP contribution in [0.3, 0.4) is 0 Å². The molecule has 0 amide bonds. The molecular weight excluding hydrogens is 242 g/mol. The van der Waals surface area contributed by atoms with E-state index in [9.17, 15) is 8.42 Å². The smallest absolute Gasteiger partial charge is 0.241 e.